The van der Waals surface area contributed by atoms with Gasteiger partial charge in [0.15, 0.2) is 0 Å². The first-order chi connectivity index (χ1) is 7.00. The Morgan fingerprint density at radius 1 is 1.67 bits per heavy atom. The number of hydrogen-bond donors (Lipinski definition) is 1. The Labute approximate surface area is 116 Å². The van der Waals surface area contributed by atoms with Crippen molar-refractivity contribution in [3.63, 3.8) is 0 Å². The second-order valence-corrected chi connectivity index (χ2v) is 5.94. The average Bonchev–Trinajstić information content (AvgIpc) is 2.18. The molecule has 0 spiro atoms. The predicted octanol–water partition coefficient (Wildman–Crippen LogP) is 3.41. The summed E-state index contributed by atoms with van der Waals surface area (Å²) in [5.41, 5.74) is 0.669. The lowest BCUT2D eigenvalue weighted by Crippen LogP contribution is -2.29. The number of halogens is 3. The lowest BCUT2D eigenvalue weighted by Gasteiger charge is -2.08. The van der Waals surface area contributed by atoms with Gasteiger partial charge in [-0.15, -0.1) is 11.6 Å². The highest BCUT2D eigenvalue weighted by atomic mass is 127. The molecule has 0 aliphatic heterocycles. The van der Waals surface area contributed by atoms with Gasteiger partial charge in [0.25, 0.3) is 5.91 Å². The number of carbonyl (C=O) groups excluding carboxylic acids is 1. The standard InChI is InChI=1S/C10H10BrClINO/c1-6(12)5-14-10(15)8-4-7(11)2-3-9(8)13/h2-4,6H,5H2,1H3,(H,14,15). The van der Waals surface area contributed by atoms with Crippen molar-refractivity contribution in [3.05, 3.63) is 31.8 Å². The van der Waals surface area contributed by atoms with Crippen molar-refractivity contribution in [2.24, 2.45) is 0 Å². The van der Waals surface area contributed by atoms with Gasteiger partial charge >= 0.3 is 0 Å². The molecule has 0 bridgehead atoms. The molecule has 1 rings (SSSR count). The Balaban J connectivity index is 2.77. The van der Waals surface area contributed by atoms with Gasteiger partial charge in [-0.25, -0.2) is 0 Å². The quantitative estimate of drug-likeness (QED) is 0.609. The van der Waals surface area contributed by atoms with Gasteiger partial charge in [0.2, 0.25) is 0 Å². The van der Waals surface area contributed by atoms with E-state index in [1.807, 2.05) is 19.1 Å². The molecule has 0 aliphatic rings. The maximum Gasteiger partial charge on any atom is 0.252 e. The smallest absolute Gasteiger partial charge is 0.252 e. The fourth-order valence-electron chi connectivity index (χ4n) is 1.00. The monoisotopic (exact) mass is 401 g/mol. The first-order valence-corrected chi connectivity index (χ1v) is 6.69. The fourth-order valence-corrected chi connectivity index (χ4v) is 2.02. The third kappa shape index (κ3) is 4.28. The Kier molecular flexibility index (Phi) is 5.35. The van der Waals surface area contributed by atoms with Crippen molar-refractivity contribution >= 4 is 56.0 Å². The van der Waals surface area contributed by atoms with Crippen LogP contribution in [0.4, 0.5) is 0 Å². The number of nitrogens with one attached hydrogen (secondary N) is 1. The number of rotatable bonds is 3. The Bertz CT molecular complexity index is 370. The molecule has 82 valence electrons. The number of hydrogen-bond acceptors (Lipinski definition) is 1. The van der Waals surface area contributed by atoms with Crippen LogP contribution in [-0.2, 0) is 0 Å². The molecule has 1 aromatic carbocycles. The molecule has 0 fully saturated rings. The zero-order valence-electron chi connectivity index (χ0n) is 8.06. The normalized spacial score (nSPS) is 12.3. The van der Waals surface area contributed by atoms with E-state index in [-0.39, 0.29) is 11.3 Å². The summed E-state index contributed by atoms with van der Waals surface area (Å²) < 4.78 is 1.82. The zero-order valence-corrected chi connectivity index (χ0v) is 12.6. The molecular formula is C10H10BrClINO. The van der Waals surface area contributed by atoms with Crippen LogP contribution in [0.25, 0.3) is 0 Å². The van der Waals surface area contributed by atoms with Crippen LogP contribution in [0.2, 0.25) is 0 Å². The maximum absolute atomic E-state index is 11.7. The molecule has 5 heteroatoms. The van der Waals surface area contributed by atoms with Crippen molar-refractivity contribution in [2.45, 2.75) is 12.3 Å². The second-order valence-electron chi connectivity index (χ2n) is 3.11. The molecule has 0 saturated carbocycles. The lowest BCUT2D eigenvalue weighted by atomic mass is 10.2. The highest BCUT2D eigenvalue weighted by Gasteiger charge is 2.10. The molecule has 1 aromatic rings. The summed E-state index contributed by atoms with van der Waals surface area (Å²) in [5, 5.41) is 2.71. The summed E-state index contributed by atoms with van der Waals surface area (Å²) in [6, 6.07) is 5.60. The minimum atomic E-state index is -0.0896. The molecular weight excluding hydrogens is 392 g/mol. The van der Waals surface area contributed by atoms with Gasteiger partial charge in [-0.1, -0.05) is 15.9 Å². The maximum atomic E-state index is 11.7. The summed E-state index contributed by atoms with van der Waals surface area (Å²) >= 11 is 11.2. The highest BCUT2D eigenvalue weighted by Crippen LogP contribution is 2.18. The van der Waals surface area contributed by atoms with Crippen LogP contribution in [0.15, 0.2) is 22.7 Å². The number of carbonyl (C=O) groups is 1. The van der Waals surface area contributed by atoms with Gasteiger partial charge < -0.3 is 5.32 Å². The van der Waals surface area contributed by atoms with Gasteiger partial charge in [0.05, 0.1) is 5.56 Å². The molecule has 1 atom stereocenters. The Hall–Kier alpha value is 0.190. The molecule has 2 nitrogen and oxygen atoms in total. The van der Waals surface area contributed by atoms with E-state index in [0.29, 0.717) is 12.1 Å². The zero-order chi connectivity index (χ0) is 11.4. The SMILES string of the molecule is CC(Cl)CNC(=O)c1cc(Br)ccc1I. The third-order valence-electron chi connectivity index (χ3n) is 1.72. The molecule has 0 saturated heterocycles. The van der Waals surface area contributed by atoms with E-state index in [0.717, 1.165) is 8.04 Å². The highest BCUT2D eigenvalue weighted by molar-refractivity contribution is 14.1. The largest absolute Gasteiger partial charge is 0.351 e. The summed E-state index contributed by atoms with van der Waals surface area (Å²) in [5.74, 6) is -0.0896. The number of alkyl halides is 1. The van der Waals surface area contributed by atoms with Crippen molar-refractivity contribution < 1.29 is 4.79 Å². The van der Waals surface area contributed by atoms with Crippen LogP contribution in [0, 0.1) is 3.57 Å². The number of amides is 1. The molecule has 0 radical (unpaired) electrons. The molecule has 1 amide bonds. The first kappa shape index (κ1) is 13.3. The number of benzene rings is 1. The van der Waals surface area contributed by atoms with Gasteiger partial charge in [-0.2, -0.15) is 0 Å². The lowest BCUT2D eigenvalue weighted by molar-refractivity contribution is 0.0953. The van der Waals surface area contributed by atoms with E-state index >= 15 is 0 Å². The minimum Gasteiger partial charge on any atom is -0.351 e. The van der Waals surface area contributed by atoms with E-state index in [1.54, 1.807) is 6.07 Å². The van der Waals surface area contributed by atoms with Crippen LogP contribution in [0.1, 0.15) is 17.3 Å². The molecule has 0 aromatic heterocycles. The van der Waals surface area contributed by atoms with Crippen molar-refractivity contribution in [1.82, 2.24) is 5.32 Å². The van der Waals surface area contributed by atoms with Crippen molar-refractivity contribution in [3.8, 4) is 0 Å². The van der Waals surface area contributed by atoms with Crippen LogP contribution in [0.3, 0.4) is 0 Å². The van der Waals surface area contributed by atoms with Gasteiger partial charge in [-0.3, -0.25) is 4.79 Å². The molecule has 1 N–H and O–H groups in total. The summed E-state index contributed by atoms with van der Waals surface area (Å²) in [7, 11) is 0. The van der Waals surface area contributed by atoms with E-state index in [9.17, 15) is 4.79 Å². The Morgan fingerprint density at radius 2 is 2.33 bits per heavy atom. The summed E-state index contributed by atoms with van der Waals surface area (Å²) in [6.07, 6.45) is 0. The van der Waals surface area contributed by atoms with Crippen molar-refractivity contribution in [2.75, 3.05) is 6.54 Å². The van der Waals surface area contributed by atoms with Gasteiger partial charge in [0, 0.05) is 20.0 Å². The van der Waals surface area contributed by atoms with Crippen LogP contribution < -0.4 is 5.32 Å². The molecule has 1 unspecified atom stereocenters. The predicted molar refractivity (Wildman–Crippen MR) is 74.5 cm³/mol. The van der Waals surface area contributed by atoms with E-state index in [2.05, 4.69) is 43.8 Å². The summed E-state index contributed by atoms with van der Waals surface area (Å²) in [6.45, 7) is 2.32. The minimum absolute atomic E-state index is 0.0567. The van der Waals surface area contributed by atoms with E-state index < -0.39 is 0 Å². The second kappa shape index (κ2) is 6.06. The molecule has 15 heavy (non-hydrogen) atoms. The first-order valence-electron chi connectivity index (χ1n) is 4.38. The molecule has 0 aliphatic carbocycles. The third-order valence-corrected chi connectivity index (χ3v) is 3.31. The van der Waals surface area contributed by atoms with Gasteiger partial charge in [-0.05, 0) is 47.7 Å². The van der Waals surface area contributed by atoms with Crippen LogP contribution >= 0.6 is 50.1 Å². The van der Waals surface area contributed by atoms with Gasteiger partial charge in [0.1, 0.15) is 0 Å². The summed E-state index contributed by atoms with van der Waals surface area (Å²) in [4.78, 5) is 11.7. The van der Waals surface area contributed by atoms with E-state index in [4.69, 9.17) is 11.6 Å². The van der Waals surface area contributed by atoms with Crippen LogP contribution in [-0.4, -0.2) is 17.8 Å². The fraction of sp³-hybridized carbons (Fsp3) is 0.300. The average molecular weight is 402 g/mol. The van der Waals surface area contributed by atoms with Crippen LogP contribution in [0.5, 0.6) is 0 Å². The van der Waals surface area contributed by atoms with E-state index in [1.165, 1.54) is 0 Å². The Morgan fingerprint density at radius 3 is 2.93 bits per heavy atom. The molecule has 0 heterocycles. The topological polar surface area (TPSA) is 29.1 Å². The van der Waals surface area contributed by atoms with Crippen molar-refractivity contribution in [1.29, 1.82) is 0 Å².